The molecule has 0 bridgehead atoms. The van der Waals surface area contributed by atoms with E-state index in [1.165, 1.54) is 7.11 Å². The third-order valence-electron chi connectivity index (χ3n) is 2.12. The Labute approximate surface area is 86.8 Å². The normalized spacial score (nSPS) is 32.5. The van der Waals surface area contributed by atoms with E-state index in [9.17, 15) is 4.79 Å². The molecule has 2 N–H and O–H groups in total. The number of hydrogen-bond donors (Lipinski definition) is 1. The Morgan fingerprint density at radius 1 is 1.77 bits per heavy atom. The molecule has 0 aliphatic heterocycles. The second kappa shape index (κ2) is 3.86. The van der Waals surface area contributed by atoms with Crippen LogP contribution in [0.4, 0.5) is 0 Å². The number of nitrogens with two attached hydrogens (primary N) is 1. The molecule has 0 fully saturated rings. The van der Waals surface area contributed by atoms with Crippen LogP contribution in [-0.2, 0) is 9.53 Å². The van der Waals surface area contributed by atoms with Crippen LogP contribution < -0.4 is 5.73 Å². The lowest BCUT2D eigenvalue weighted by Gasteiger charge is -2.23. The fourth-order valence-corrected chi connectivity index (χ4v) is 1.61. The number of methoxy groups -OCH3 is 1. The van der Waals surface area contributed by atoms with Crippen molar-refractivity contribution in [2.24, 2.45) is 11.7 Å². The summed E-state index contributed by atoms with van der Waals surface area (Å²) >= 11 is 11.4. The molecule has 0 saturated heterocycles. The van der Waals surface area contributed by atoms with Gasteiger partial charge in [-0.25, -0.2) is 0 Å². The average molecular weight is 224 g/mol. The first-order chi connectivity index (χ1) is 5.99. The molecule has 0 amide bonds. The lowest BCUT2D eigenvalue weighted by molar-refractivity contribution is -0.143. The summed E-state index contributed by atoms with van der Waals surface area (Å²) in [4.78, 5) is 10.4. The molecule has 0 radical (unpaired) electrons. The minimum absolute atomic E-state index is 0.308. The first kappa shape index (κ1) is 10.8. The largest absolute Gasteiger partial charge is 0.469 e. The lowest BCUT2D eigenvalue weighted by atomic mass is 9.98. The first-order valence-corrected chi connectivity index (χ1v) is 4.71. The van der Waals surface area contributed by atoms with E-state index in [4.69, 9.17) is 28.9 Å². The van der Waals surface area contributed by atoms with Crippen LogP contribution in [0.1, 0.15) is 6.42 Å². The van der Waals surface area contributed by atoms with Crippen molar-refractivity contribution in [1.82, 2.24) is 0 Å². The molecule has 0 heterocycles. The number of esters is 1. The summed E-state index contributed by atoms with van der Waals surface area (Å²) < 4.78 is 4.58. The quantitative estimate of drug-likeness (QED) is 0.436. The highest BCUT2D eigenvalue weighted by Gasteiger charge is 2.39. The maximum Gasteiger partial charge on any atom is 0.312 e. The molecule has 0 saturated carbocycles. The molecule has 3 nitrogen and oxygen atoms in total. The van der Waals surface area contributed by atoms with Crippen LogP contribution in [0.5, 0.6) is 0 Å². The van der Waals surface area contributed by atoms with E-state index in [0.717, 1.165) is 0 Å². The maximum absolute atomic E-state index is 11.1. The Morgan fingerprint density at radius 3 is 2.77 bits per heavy atom. The fourth-order valence-electron chi connectivity index (χ4n) is 1.29. The van der Waals surface area contributed by atoms with Crippen molar-refractivity contribution in [2.75, 3.05) is 7.11 Å². The molecular weight excluding hydrogens is 213 g/mol. The van der Waals surface area contributed by atoms with Gasteiger partial charge in [-0.3, -0.25) is 4.79 Å². The monoisotopic (exact) mass is 223 g/mol. The van der Waals surface area contributed by atoms with Gasteiger partial charge in [0.2, 0.25) is 0 Å². The summed E-state index contributed by atoms with van der Waals surface area (Å²) in [6.07, 6.45) is 3.75. The number of carbonyl (C=O) groups is 1. The highest BCUT2D eigenvalue weighted by Crippen LogP contribution is 2.33. The van der Waals surface area contributed by atoms with Gasteiger partial charge < -0.3 is 10.5 Å². The minimum atomic E-state index is -0.804. The van der Waals surface area contributed by atoms with Gasteiger partial charge in [0.15, 0.2) is 0 Å². The van der Waals surface area contributed by atoms with E-state index >= 15 is 0 Å². The van der Waals surface area contributed by atoms with Crippen LogP contribution in [0.2, 0.25) is 0 Å². The van der Waals surface area contributed by atoms with Gasteiger partial charge in [0.1, 0.15) is 4.84 Å². The second-order valence-corrected chi connectivity index (χ2v) is 4.20. The Bertz CT molecular complexity index is 242. The summed E-state index contributed by atoms with van der Waals surface area (Å²) in [5.74, 6) is -0.632. The summed E-state index contributed by atoms with van der Waals surface area (Å²) in [7, 11) is 1.34. The molecule has 2 unspecified atom stereocenters. The van der Waals surface area contributed by atoms with E-state index < -0.39 is 10.4 Å². The molecule has 74 valence electrons. The zero-order chi connectivity index (χ0) is 10.1. The molecule has 1 aliphatic carbocycles. The molecule has 1 aliphatic rings. The Kier molecular flexibility index (Phi) is 3.22. The number of rotatable bonds is 2. The van der Waals surface area contributed by atoms with Crippen molar-refractivity contribution in [3.8, 4) is 0 Å². The van der Waals surface area contributed by atoms with E-state index in [1.807, 2.05) is 0 Å². The number of ether oxygens (including phenoxy) is 1. The Balaban J connectivity index is 2.65. The fraction of sp³-hybridized carbons (Fsp3) is 0.625. The highest BCUT2D eigenvalue weighted by molar-refractivity contribution is 6.45. The van der Waals surface area contributed by atoms with Crippen molar-refractivity contribution < 1.29 is 9.53 Å². The molecule has 0 aromatic rings. The Hall–Kier alpha value is -0.250. The van der Waals surface area contributed by atoms with Crippen LogP contribution in [0.25, 0.3) is 0 Å². The SMILES string of the molecule is COC(=O)C1C=CC(N)(C(Cl)Cl)C1. The van der Waals surface area contributed by atoms with Crippen LogP contribution >= 0.6 is 23.2 Å². The molecular formula is C8H11Cl2NO2. The van der Waals surface area contributed by atoms with Crippen LogP contribution in [-0.4, -0.2) is 23.5 Å². The molecule has 1 rings (SSSR count). The smallest absolute Gasteiger partial charge is 0.312 e. The molecule has 0 aromatic carbocycles. The van der Waals surface area contributed by atoms with Crippen LogP contribution in [0.15, 0.2) is 12.2 Å². The summed E-state index contributed by atoms with van der Waals surface area (Å²) in [5, 5.41) is 0. The van der Waals surface area contributed by atoms with Gasteiger partial charge in [0.05, 0.1) is 18.6 Å². The minimum Gasteiger partial charge on any atom is -0.469 e. The summed E-state index contributed by atoms with van der Waals surface area (Å²) in [6.45, 7) is 0. The van der Waals surface area contributed by atoms with Gasteiger partial charge in [0.25, 0.3) is 0 Å². The van der Waals surface area contributed by atoms with Gasteiger partial charge in [-0.2, -0.15) is 0 Å². The molecule has 13 heavy (non-hydrogen) atoms. The summed E-state index contributed by atoms with van der Waals surface area (Å²) in [6, 6.07) is 0. The first-order valence-electron chi connectivity index (χ1n) is 3.84. The molecule has 2 atom stereocenters. The third kappa shape index (κ3) is 2.16. The lowest BCUT2D eigenvalue weighted by Crippen LogP contribution is -2.43. The third-order valence-corrected chi connectivity index (χ3v) is 2.94. The van der Waals surface area contributed by atoms with E-state index in [0.29, 0.717) is 6.42 Å². The predicted molar refractivity (Wildman–Crippen MR) is 51.7 cm³/mol. The molecule has 0 aromatic heterocycles. The van der Waals surface area contributed by atoms with Gasteiger partial charge in [-0.05, 0) is 6.42 Å². The number of carbonyl (C=O) groups excluding carboxylic acids is 1. The van der Waals surface area contributed by atoms with Crippen molar-refractivity contribution in [3.63, 3.8) is 0 Å². The zero-order valence-corrected chi connectivity index (χ0v) is 8.68. The van der Waals surface area contributed by atoms with Gasteiger partial charge in [-0.1, -0.05) is 12.2 Å². The predicted octanol–water partition coefficient (Wildman–Crippen LogP) is 1.24. The highest BCUT2D eigenvalue weighted by atomic mass is 35.5. The second-order valence-electron chi connectivity index (χ2n) is 3.11. The van der Waals surface area contributed by atoms with Gasteiger partial charge in [0, 0.05) is 0 Å². The topological polar surface area (TPSA) is 52.3 Å². The average Bonchev–Trinajstić information content (AvgIpc) is 2.48. The van der Waals surface area contributed by atoms with Crippen LogP contribution in [0, 0.1) is 5.92 Å². The van der Waals surface area contributed by atoms with E-state index in [1.54, 1.807) is 12.2 Å². The van der Waals surface area contributed by atoms with Crippen molar-refractivity contribution in [2.45, 2.75) is 16.8 Å². The summed E-state index contributed by atoms with van der Waals surface area (Å²) in [5.41, 5.74) is 5.02. The van der Waals surface area contributed by atoms with E-state index in [2.05, 4.69) is 4.74 Å². The van der Waals surface area contributed by atoms with Crippen LogP contribution in [0.3, 0.4) is 0 Å². The Morgan fingerprint density at radius 2 is 2.38 bits per heavy atom. The van der Waals surface area contributed by atoms with Crippen molar-refractivity contribution >= 4 is 29.2 Å². The van der Waals surface area contributed by atoms with Crippen molar-refractivity contribution in [1.29, 1.82) is 0 Å². The number of hydrogen-bond acceptors (Lipinski definition) is 3. The number of alkyl halides is 2. The maximum atomic E-state index is 11.1. The number of halogens is 2. The molecule has 0 spiro atoms. The zero-order valence-electron chi connectivity index (χ0n) is 7.17. The molecule has 5 heteroatoms. The van der Waals surface area contributed by atoms with Gasteiger partial charge in [-0.15, -0.1) is 23.2 Å². The van der Waals surface area contributed by atoms with Crippen molar-refractivity contribution in [3.05, 3.63) is 12.2 Å². The standard InChI is InChI=1S/C8H11Cl2NO2/c1-13-6(12)5-2-3-8(11,4-5)7(9)10/h2-3,5,7H,4,11H2,1H3. The van der Waals surface area contributed by atoms with E-state index in [-0.39, 0.29) is 11.9 Å². The van der Waals surface area contributed by atoms with Gasteiger partial charge >= 0.3 is 5.97 Å².